The maximum atomic E-state index is 6.13. The molecule has 1 nitrogen and oxygen atoms in total. The predicted molar refractivity (Wildman–Crippen MR) is 66.1 cm³/mol. The van der Waals surface area contributed by atoms with E-state index in [1.165, 1.54) is 51.4 Å². The predicted octanol–water partition coefficient (Wildman–Crippen LogP) is 4.47. The third-order valence-electron chi connectivity index (χ3n) is 3.25. The Kier molecular flexibility index (Phi) is 6.74. The Labute approximate surface area is 94.9 Å². The SMILES string of the molecule is C=CC[C@H]1CCCC[C@@H](CCCCC)O1. The van der Waals surface area contributed by atoms with Crippen molar-refractivity contribution in [3.63, 3.8) is 0 Å². The van der Waals surface area contributed by atoms with E-state index in [1.807, 2.05) is 6.08 Å². The zero-order chi connectivity index (χ0) is 10.9. The highest BCUT2D eigenvalue weighted by atomic mass is 16.5. The minimum absolute atomic E-state index is 0.455. The maximum absolute atomic E-state index is 6.13. The molecule has 0 radical (unpaired) electrons. The van der Waals surface area contributed by atoms with Crippen molar-refractivity contribution in [2.24, 2.45) is 0 Å². The van der Waals surface area contributed by atoms with Gasteiger partial charge in [-0.3, -0.25) is 0 Å². The van der Waals surface area contributed by atoms with Gasteiger partial charge in [-0.2, -0.15) is 0 Å². The van der Waals surface area contributed by atoms with Crippen molar-refractivity contribution in [3.8, 4) is 0 Å². The van der Waals surface area contributed by atoms with Crippen LogP contribution in [0.2, 0.25) is 0 Å². The quantitative estimate of drug-likeness (QED) is 0.464. The molecule has 1 fully saturated rings. The number of hydrogen-bond acceptors (Lipinski definition) is 1. The van der Waals surface area contributed by atoms with Gasteiger partial charge in [0, 0.05) is 0 Å². The highest BCUT2D eigenvalue weighted by molar-refractivity contribution is 4.77. The molecule has 0 unspecified atom stereocenters. The van der Waals surface area contributed by atoms with Crippen LogP contribution in [0, 0.1) is 0 Å². The third-order valence-corrected chi connectivity index (χ3v) is 3.25. The van der Waals surface area contributed by atoms with Gasteiger partial charge in [0.05, 0.1) is 12.2 Å². The first-order chi connectivity index (χ1) is 7.36. The Morgan fingerprint density at radius 1 is 1.20 bits per heavy atom. The average molecular weight is 210 g/mol. The molecule has 0 N–H and O–H groups in total. The van der Waals surface area contributed by atoms with E-state index in [9.17, 15) is 0 Å². The summed E-state index contributed by atoms with van der Waals surface area (Å²) in [5, 5.41) is 0. The summed E-state index contributed by atoms with van der Waals surface area (Å²) >= 11 is 0. The van der Waals surface area contributed by atoms with Crippen LogP contribution in [-0.2, 0) is 4.74 Å². The van der Waals surface area contributed by atoms with E-state index in [0.29, 0.717) is 12.2 Å². The molecule has 88 valence electrons. The summed E-state index contributed by atoms with van der Waals surface area (Å²) in [5.74, 6) is 0. The Morgan fingerprint density at radius 3 is 2.60 bits per heavy atom. The van der Waals surface area contributed by atoms with E-state index in [-0.39, 0.29) is 0 Å². The molecule has 0 spiro atoms. The summed E-state index contributed by atoms with van der Waals surface area (Å²) in [4.78, 5) is 0. The van der Waals surface area contributed by atoms with Crippen LogP contribution in [0.5, 0.6) is 0 Å². The van der Waals surface area contributed by atoms with Crippen LogP contribution in [-0.4, -0.2) is 12.2 Å². The van der Waals surface area contributed by atoms with Crippen LogP contribution < -0.4 is 0 Å². The van der Waals surface area contributed by atoms with Gasteiger partial charge in [-0.05, 0) is 25.7 Å². The molecule has 0 aromatic rings. The van der Waals surface area contributed by atoms with Gasteiger partial charge in [-0.25, -0.2) is 0 Å². The monoisotopic (exact) mass is 210 g/mol. The molecule has 1 heteroatoms. The molecular weight excluding hydrogens is 184 g/mol. The molecule has 15 heavy (non-hydrogen) atoms. The molecule has 1 aliphatic rings. The largest absolute Gasteiger partial charge is 0.375 e. The van der Waals surface area contributed by atoms with Crippen molar-refractivity contribution in [3.05, 3.63) is 12.7 Å². The van der Waals surface area contributed by atoms with Crippen molar-refractivity contribution in [2.45, 2.75) is 76.9 Å². The van der Waals surface area contributed by atoms with Crippen LogP contribution in [0.4, 0.5) is 0 Å². The van der Waals surface area contributed by atoms with Crippen LogP contribution in [0.3, 0.4) is 0 Å². The van der Waals surface area contributed by atoms with Gasteiger partial charge in [0.25, 0.3) is 0 Å². The van der Waals surface area contributed by atoms with Crippen LogP contribution >= 0.6 is 0 Å². The number of ether oxygens (including phenoxy) is 1. The minimum atomic E-state index is 0.455. The van der Waals surface area contributed by atoms with Gasteiger partial charge in [0.1, 0.15) is 0 Å². The van der Waals surface area contributed by atoms with E-state index in [4.69, 9.17) is 4.74 Å². The summed E-state index contributed by atoms with van der Waals surface area (Å²) < 4.78 is 6.13. The molecule has 1 rings (SSSR count). The summed E-state index contributed by atoms with van der Waals surface area (Å²) in [5.41, 5.74) is 0. The van der Waals surface area contributed by atoms with Gasteiger partial charge in [0.15, 0.2) is 0 Å². The Morgan fingerprint density at radius 2 is 1.93 bits per heavy atom. The summed E-state index contributed by atoms with van der Waals surface area (Å²) in [6.07, 6.45) is 14.5. The van der Waals surface area contributed by atoms with Crippen molar-refractivity contribution in [1.82, 2.24) is 0 Å². The zero-order valence-corrected chi connectivity index (χ0v) is 10.2. The Balaban J connectivity index is 2.25. The molecule has 2 atom stereocenters. The summed E-state index contributed by atoms with van der Waals surface area (Å²) in [6, 6.07) is 0. The maximum Gasteiger partial charge on any atom is 0.0613 e. The van der Waals surface area contributed by atoms with Crippen LogP contribution in [0.1, 0.15) is 64.7 Å². The van der Waals surface area contributed by atoms with Gasteiger partial charge in [-0.15, -0.1) is 6.58 Å². The van der Waals surface area contributed by atoms with E-state index in [0.717, 1.165) is 6.42 Å². The second-order valence-corrected chi connectivity index (χ2v) is 4.68. The first-order valence-corrected chi connectivity index (χ1v) is 6.63. The molecule has 0 aromatic heterocycles. The van der Waals surface area contributed by atoms with E-state index in [2.05, 4.69) is 13.5 Å². The molecule has 0 saturated carbocycles. The van der Waals surface area contributed by atoms with Crippen molar-refractivity contribution in [1.29, 1.82) is 0 Å². The topological polar surface area (TPSA) is 9.23 Å². The van der Waals surface area contributed by atoms with E-state index >= 15 is 0 Å². The first-order valence-electron chi connectivity index (χ1n) is 6.63. The fourth-order valence-corrected chi connectivity index (χ4v) is 2.35. The van der Waals surface area contributed by atoms with Gasteiger partial charge >= 0.3 is 0 Å². The first kappa shape index (κ1) is 12.8. The minimum Gasteiger partial charge on any atom is -0.375 e. The van der Waals surface area contributed by atoms with Crippen LogP contribution in [0.15, 0.2) is 12.7 Å². The van der Waals surface area contributed by atoms with Crippen molar-refractivity contribution >= 4 is 0 Å². The van der Waals surface area contributed by atoms with Crippen LogP contribution in [0.25, 0.3) is 0 Å². The lowest BCUT2D eigenvalue weighted by Gasteiger charge is -2.20. The molecule has 0 bridgehead atoms. The highest BCUT2D eigenvalue weighted by Crippen LogP contribution is 2.23. The fourth-order valence-electron chi connectivity index (χ4n) is 2.35. The fraction of sp³-hybridized carbons (Fsp3) is 0.857. The standard InChI is InChI=1S/C14H26O/c1-3-5-6-10-14-12-8-7-11-13(15-14)9-4-2/h4,13-14H,2-3,5-12H2,1H3/t13-,14+/m0/s1. The highest BCUT2D eigenvalue weighted by Gasteiger charge is 2.18. The Hall–Kier alpha value is -0.300. The molecule has 1 heterocycles. The number of rotatable bonds is 6. The third kappa shape index (κ3) is 5.36. The molecule has 1 saturated heterocycles. The second-order valence-electron chi connectivity index (χ2n) is 4.68. The molecule has 1 aliphatic heterocycles. The lowest BCUT2D eigenvalue weighted by molar-refractivity contribution is -0.0114. The zero-order valence-electron chi connectivity index (χ0n) is 10.2. The second kappa shape index (κ2) is 7.92. The lowest BCUT2D eigenvalue weighted by Crippen LogP contribution is -2.19. The Bertz CT molecular complexity index is 165. The van der Waals surface area contributed by atoms with Crippen molar-refractivity contribution < 1.29 is 4.74 Å². The normalized spacial score (nSPS) is 27.3. The molecule has 0 aliphatic carbocycles. The average Bonchev–Trinajstić information content (AvgIpc) is 2.45. The molecular formula is C14H26O. The van der Waals surface area contributed by atoms with E-state index < -0.39 is 0 Å². The van der Waals surface area contributed by atoms with Crippen molar-refractivity contribution in [2.75, 3.05) is 0 Å². The van der Waals surface area contributed by atoms with Gasteiger partial charge in [0.2, 0.25) is 0 Å². The summed E-state index contributed by atoms with van der Waals surface area (Å²) in [7, 11) is 0. The molecule has 0 aromatic carbocycles. The van der Waals surface area contributed by atoms with Gasteiger partial charge < -0.3 is 4.74 Å². The lowest BCUT2D eigenvalue weighted by atomic mass is 10.1. The van der Waals surface area contributed by atoms with E-state index in [1.54, 1.807) is 0 Å². The molecule has 0 amide bonds. The number of unbranched alkanes of at least 4 members (excludes halogenated alkanes) is 2. The smallest absolute Gasteiger partial charge is 0.0613 e. The van der Waals surface area contributed by atoms with Gasteiger partial charge in [-0.1, -0.05) is 45.1 Å². The summed E-state index contributed by atoms with van der Waals surface area (Å²) in [6.45, 7) is 6.06. The number of hydrogen-bond donors (Lipinski definition) is 0.